The lowest BCUT2D eigenvalue weighted by Crippen LogP contribution is -2.43. The Bertz CT molecular complexity index is 1750. The third kappa shape index (κ3) is 4.27. The van der Waals surface area contributed by atoms with E-state index in [9.17, 15) is 24.3 Å². The van der Waals surface area contributed by atoms with Gasteiger partial charge in [-0.25, -0.2) is 9.59 Å². The molecule has 0 spiro atoms. The van der Waals surface area contributed by atoms with Crippen LogP contribution < -0.4 is 5.32 Å². The van der Waals surface area contributed by atoms with Crippen LogP contribution in [0.4, 0.5) is 9.80 Å². The van der Waals surface area contributed by atoms with Gasteiger partial charge >= 0.3 is 12.1 Å². The summed E-state index contributed by atoms with van der Waals surface area (Å²) in [7, 11) is 0. The molecule has 1 unspecified atom stereocenters. The summed E-state index contributed by atoms with van der Waals surface area (Å²) in [5.74, 6) is -2.29. The number of carbonyl (C=O) groups excluding carboxylic acids is 3. The fourth-order valence-corrected chi connectivity index (χ4v) is 7.20. The summed E-state index contributed by atoms with van der Waals surface area (Å²) in [4.78, 5) is 53.1. The first-order valence-corrected chi connectivity index (χ1v) is 14.3. The van der Waals surface area contributed by atoms with E-state index in [2.05, 4.69) is 5.32 Å². The minimum atomic E-state index is -1.24. The number of rotatable bonds is 5. The Morgan fingerprint density at radius 3 is 2.26 bits per heavy atom. The predicted molar refractivity (Wildman–Crippen MR) is 154 cm³/mol. The normalized spacial score (nSPS) is 16.8. The lowest BCUT2D eigenvalue weighted by molar-refractivity contribution is -0.142. The van der Waals surface area contributed by atoms with E-state index >= 15 is 0 Å². The largest absolute Gasteiger partial charge is 0.478 e. The van der Waals surface area contributed by atoms with Gasteiger partial charge in [0.2, 0.25) is 0 Å². The number of amides is 3. The molecule has 7 rings (SSSR count). The van der Waals surface area contributed by atoms with Crippen molar-refractivity contribution in [2.24, 2.45) is 0 Å². The first-order chi connectivity index (χ1) is 20.4. The molecular weight excluding hydrogens is 556 g/mol. The molecule has 3 amide bonds. The number of imide groups is 1. The monoisotopic (exact) mass is 580 g/mol. The maximum atomic E-state index is 13.3. The highest BCUT2D eigenvalue weighted by Crippen LogP contribution is 2.45. The Balaban J connectivity index is 1.06. The maximum absolute atomic E-state index is 13.3. The number of thiophene rings is 1. The third-order valence-electron chi connectivity index (χ3n) is 8.03. The van der Waals surface area contributed by atoms with Crippen molar-refractivity contribution >= 4 is 40.2 Å². The Hall–Kier alpha value is -4.80. The van der Waals surface area contributed by atoms with Gasteiger partial charge in [0, 0.05) is 22.8 Å². The van der Waals surface area contributed by atoms with Gasteiger partial charge in [-0.2, -0.15) is 0 Å². The zero-order valence-electron chi connectivity index (χ0n) is 22.2. The average Bonchev–Trinajstić information content (AvgIpc) is 3.64. The molecule has 10 heteroatoms. The van der Waals surface area contributed by atoms with Crippen LogP contribution in [-0.2, 0) is 33.8 Å². The molecule has 0 fully saturated rings. The Morgan fingerprint density at radius 1 is 0.952 bits per heavy atom. The highest BCUT2D eigenvalue weighted by Gasteiger charge is 2.40. The number of fused-ring (bicyclic) bond motifs is 5. The van der Waals surface area contributed by atoms with Gasteiger partial charge in [0.25, 0.3) is 11.8 Å². The topological polar surface area (TPSA) is 122 Å². The second-order valence-corrected chi connectivity index (χ2v) is 11.5. The van der Waals surface area contributed by atoms with Crippen LogP contribution in [0, 0.1) is 0 Å². The number of hydrogen-bond donors (Lipinski definition) is 2. The van der Waals surface area contributed by atoms with Crippen LogP contribution in [0.5, 0.6) is 0 Å². The molecule has 2 N–H and O–H groups in total. The second kappa shape index (κ2) is 10.2. The SMILES string of the molecule is O=C(Nc1sc2c(c1C(=O)O)CC(C(=O)N1Cc3ccccc3C1=O)OC2)OCC1c2ccccc2-c2ccccc21. The smallest absolute Gasteiger partial charge is 0.412 e. The molecule has 0 radical (unpaired) electrons. The number of carbonyl (C=O) groups is 4. The molecule has 3 aliphatic rings. The summed E-state index contributed by atoms with van der Waals surface area (Å²) < 4.78 is 11.4. The van der Waals surface area contributed by atoms with Crippen LogP contribution in [0.25, 0.3) is 11.1 Å². The molecule has 1 aliphatic carbocycles. The minimum Gasteiger partial charge on any atom is -0.478 e. The van der Waals surface area contributed by atoms with E-state index in [0.717, 1.165) is 44.1 Å². The van der Waals surface area contributed by atoms with Crippen molar-refractivity contribution in [1.82, 2.24) is 4.90 Å². The number of carboxylic acid groups (broad SMARTS) is 1. The summed E-state index contributed by atoms with van der Waals surface area (Å²) in [6.07, 6.45) is -1.82. The lowest BCUT2D eigenvalue weighted by Gasteiger charge is -2.26. The molecule has 0 bridgehead atoms. The number of nitrogens with one attached hydrogen (secondary N) is 1. The molecule has 0 saturated carbocycles. The lowest BCUT2D eigenvalue weighted by atomic mass is 9.98. The third-order valence-corrected chi connectivity index (χ3v) is 9.15. The standard InChI is InChI=1S/C32H24N2O7S/c35-29-18-8-2-1-7-17(18)14-34(29)30(36)25-13-23-26(16-40-25)42-28(27(23)31(37)38)33-32(39)41-15-24-21-11-5-3-9-19(21)20-10-4-6-12-22(20)24/h1-12,24-25H,13-16H2,(H,33,39)(H,37,38). The number of ether oxygens (including phenoxy) is 2. The van der Waals surface area contributed by atoms with Gasteiger partial charge < -0.3 is 14.6 Å². The van der Waals surface area contributed by atoms with Gasteiger partial charge in [-0.3, -0.25) is 19.8 Å². The molecule has 0 saturated heterocycles. The van der Waals surface area contributed by atoms with E-state index in [1.807, 2.05) is 48.5 Å². The van der Waals surface area contributed by atoms with Crippen LogP contribution in [-0.4, -0.2) is 46.6 Å². The van der Waals surface area contributed by atoms with Crippen LogP contribution in [0.2, 0.25) is 0 Å². The fraction of sp³-hybridized carbons (Fsp3) is 0.188. The molecule has 210 valence electrons. The van der Waals surface area contributed by atoms with E-state index in [4.69, 9.17) is 9.47 Å². The molecule has 3 heterocycles. The van der Waals surface area contributed by atoms with Crippen molar-refractivity contribution in [3.63, 3.8) is 0 Å². The van der Waals surface area contributed by atoms with Crippen LogP contribution in [0.1, 0.15) is 53.8 Å². The van der Waals surface area contributed by atoms with Gasteiger partial charge in [0.05, 0.1) is 18.7 Å². The highest BCUT2D eigenvalue weighted by atomic mass is 32.1. The Labute approximate surface area is 244 Å². The van der Waals surface area contributed by atoms with Gasteiger partial charge in [-0.1, -0.05) is 66.7 Å². The number of benzene rings is 3. The highest BCUT2D eigenvalue weighted by molar-refractivity contribution is 7.17. The maximum Gasteiger partial charge on any atom is 0.412 e. The molecule has 1 atom stereocenters. The molecular formula is C32H24N2O7S. The van der Waals surface area contributed by atoms with Crippen molar-refractivity contribution in [2.45, 2.75) is 31.6 Å². The zero-order valence-corrected chi connectivity index (χ0v) is 23.0. The van der Waals surface area contributed by atoms with Gasteiger partial charge in [-0.05, 0) is 39.4 Å². The van der Waals surface area contributed by atoms with Crippen LogP contribution >= 0.6 is 11.3 Å². The Kier molecular flexibility index (Phi) is 6.37. The summed E-state index contributed by atoms with van der Waals surface area (Å²) >= 11 is 1.08. The molecule has 9 nitrogen and oxygen atoms in total. The van der Waals surface area contributed by atoms with Gasteiger partial charge in [0.1, 0.15) is 17.7 Å². The van der Waals surface area contributed by atoms with E-state index in [1.165, 1.54) is 0 Å². The minimum absolute atomic E-state index is 0.0158. The summed E-state index contributed by atoms with van der Waals surface area (Å²) in [5.41, 5.74) is 5.88. The number of nitrogens with zero attached hydrogens (tertiary/aromatic N) is 1. The molecule has 2 aliphatic heterocycles. The number of anilines is 1. The first kappa shape index (κ1) is 26.1. The number of carboxylic acids is 1. The van der Waals surface area contributed by atoms with Gasteiger partial charge in [0.15, 0.2) is 0 Å². The molecule has 4 aromatic rings. The van der Waals surface area contributed by atoms with Crippen molar-refractivity contribution in [3.8, 4) is 11.1 Å². The quantitative estimate of drug-likeness (QED) is 0.302. The molecule has 1 aromatic heterocycles. The van der Waals surface area contributed by atoms with Crippen molar-refractivity contribution in [1.29, 1.82) is 0 Å². The first-order valence-electron chi connectivity index (χ1n) is 13.5. The molecule has 42 heavy (non-hydrogen) atoms. The molecule has 3 aromatic carbocycles. The summed E-state index contributed by atoms with van der Waals surface area (Å²) in [6.45, 7) is 0.210. The van der Waals surface area contributed by atoms with Crippen LogP contribution in [0.15, 0.2) is 72.8 Å². The van der Waals surface area contributed by atoms with Gasteiger partial charge in [-0.15, -0.1) is 11.3 Å². The van der Waals surface area contributed by atoms with Crippen molar-refractivity contribution < 1.29 is 33.8 Å². The number of hydrogen-bond acceptors (Lipinski definition) is 7. The van der Waals surface area contributed by atoms with E-state index in [0.29, 0.717) is 16.0 Å². The second-order valence-electron chi connectivity index (χ2n) is 10.4. The van der Waals surface area contributed by atoms with Crippen LogP contribution in [0.3, 0.4) is 0 Å². The van der Waals surface area contributed by atoms with Crippen molar-refractivity contribution in [3.05, 3.63) is 111 Å². The Morgan fingerprint density at radius 2 is 1.60 bits per heavy atom. The summed E-state index contributed by atoms with van der Waals surface area (Å²) in [6, 6.07) is 23.0. The zero-order chi connectivity index (χ0) is 29.0. The van der Waals surface area contributed by atoms with Crippen molar-refractivity contribution in [2.75, 3.05) is 11.9 Å². The van der Waals surface area contributed by atoms with E-state index < -0.39 is 30.0 Å². The number of aromatic carboxylic acids is 1. The van der Waals surface area contributed by atoms with E-state index in [1.54, 1.807) is 24.3 Å². The summed E-state index contributed by atoms with van der Waals surface area (Å²) in [5, 5.41) is 12.8. The fourth-order valence-electron chi connectivity index (χ4n) is 6.07. The van der Waals surface area contributed by atoms with E-state index in [-0.39, 0.29) is 42.7 Å². The predicted octanol–water partition coefficient (Wildman–Crippen LogP) is 5.43. The average molecular weight is 581 g/mol.